The van der Waals surface area contributed by atoms with Gasteiger partial charge in [0.2, 0.25) is 0 Å². The molecule has 3 nitrogen and oxygen atoms in total. The molecule has 0 radical (unpaired) electrons. The number of hydrogen-bond acceptors (Lipinski definition) is 3. The van der Waals surface area contributed by atoms with Gasteiger partial charge in [0.25, 0.3) is 5.91 Å². The summed E-state index contributed by atoms with van der Waals surface area (Å²) in [5.41, 5.74) is 0.609. The Labute approximate surface area is 122 Å². The number of rotatable bonds is 2. The molecule has 1 saturated heterocycles. The maximum atomic E-state index is 12.5. The van der Waals surface area contributed by atoms with Crippen LogP contribution in [0.5, 0.6) is 0 Å². The lowest BCUT2D eigenvalue weighted by atomic mass is 9.94. The summed E-state index contributed by atoms with van der Waals surface area (Å²) in [4.78, 5) is 15.3. The normalized spacial score (nSPS) is 23.2. The second kappa shape index (κ2) is 5.43. The summed E-state index contributed by atoms with van der Waals surface area (Å²) in [5, 5.41) is 5.64. The number of carbonyl (C=O) groups is 1. The summed E-state index contributed by atoms with van der Waals surface area (Å²) in [7, 11) is 0. The molecule has 2 fully saturated rings. The molecule has 0 bridgehead atoms. The number of amides is 1. The first kappa shape index (κ1) is 12.8. The fourth-order valence-corrected chi connectivity index (χ4v) is 3.73. The molecular weight excluding hydrogens is 276 g/mol. The fourth-order valence-electron chi connectivity index (χ4n) is 2.74. The zero-order valence-electron chi connectivity index (χ0n) is 10.6. The van der Waals surface area contributed by atoms with Gasteiger partial charge in [-0.2, -0.15) is 0 Å². The summed E-state index contributed by atoms with van der Waals surface area (Å²) >= 11 is 6.95. The van der Waals surface area contributed by atoms with Gasteiger partial charge in [-0.3, -0.25) is 9.69 Å². The average Bonchev–Trinajstić information content (AvgIpc) is 3.01. The Kier molecular flexibility index (Phi) is 3.66. The summed E-state index contributed by atoms with van der Waals surface area (Å²) < 4.78 is 0. The first-order valence-corrected chi connectivity index (χ1v) is 7.94. The van der Waals surface area contributed by atoms with Crippen LogP contribution < -0.4 is 5.32 Å². The number of nitrogens with one attached hydrogen (secondary N) is 1. The molecule has 0 atom stereocenters. The van der Waals surface area contributed by atoms with E-state index in [1.807, 2.05) is 23.6 Å². The zero-order valence-corrected chi connectivity index (χ0v) is 12.2. The van der Waals surface area contributed by atoms with Gasteiger partial charge in [-0.1, -0.05) is 25.3 Å². The van der Waals surface area contributed by atoms with Crippen LogP contribution in [-0.4, -0.2) is 22.0 Å². The maximum Gasteiger partial charge on any atom is 0.276 e. The van der Waals surface area contributed by atoms with Crippen LogP contribution in [0.2, 0.25) is 0 Å². The van der Waals surface area contributed by atoms with Crippen LogP contribution in [0.3, 0.4) is 0 Å². The molecule has 0 spiro atoms. The molecule has 1 aromatic heterocycles. The molecule has 0 aromatic carbocycles. The van der Waals surface area contributed by atoms with Gasteiger partial charge in [-0.25, -0.2) is 0 Å². The van der Waals surface area contributed by atoms with Gasteiger partial charge >= 0.3 is 0 Å². The van der Waals surface area contributed by atoms with E-state index in [9.17, 15) is 4.79 Å². The smallest absolute Gasteiger partial charge is 0.276 e. The number of hydrogen-bond donors (Lipinski definition) is 1. The summed E-state index contributed by atoms with van der Waals surface area (Å²) in [6.45, 7) is 0. The molecule has 100 valence electrons. The van der Waals surface area contributed by atoms with Crippen molar-refractivity contribution < 1.29 is 4.79 Å². The predicted molar refractivity (Wildman–Crippen MR) is 81.7 cm³/mol. The zero-order chi connectivity index (χ0) is 13.2. The molecule has 1 aliphatic carbocycles. The van der Waals surface area contributed by atoms with E-state index in [-0.39, 0.29) is 11.9 Å². The molecule has 1 N–H and O–H groups in total. The average molecular weight is 292 g/mol. The molecular formula is C14H16N2OS2. The third-order valence-electron chi connectivity index (χ3n) is 3.68. The van der Waals surface area contributed by atoms with Crippen molar-refractivity contribution in [2.45, 2.75) is 38.1 Å². The van der Waals surface area contributed by atoms with Gasteiger partial charge in [-0.15, -0.1) is 11.3 Å². The van der Waals surface area contributed by atoms with Gasteiger partial charge in [-0.05, 0) is 42.6 Å². The van der Waals surface area contributed by atoms with Gasteiger partial charge in [0, 0.05) is 10.9 Å². The van der Waals surface area contributed by atoms with Crippen molar-refractivity contribution in [1.82, 2.24) is 10.2 Å². The monoisotopic (exact) mass is 292 g/mol. The Bertz CT molecular complexity index is 516. The van der Waals surface area contributed by atoms with Crippen LogP contribution >= 0.6 is 23.6 Å². The van der Waals surface area contributed by atoms with E-state index in [0.717, 1.165) is 17.7 Å². The van der Waals surface area contributed by atoms with Crippen molar-refractivity contribution in [3.05, 3.63) is 28.1 Å². The lowest BCUT2D eigenvalue weighted by molar-refractivity contribution is -0.124. The summed E-state index contributed by atoms with van der Waals surface area (Å²) in [6.07, 6.45) is 7.69. The van der Waals surface area contributed by atoms with E-state index in [1.54, 1.807) is 16.2 Å². The molecule has 2 heterocycles. The molecule has 5 heteroatoms. The second-order valence-electron chi connectivity index (χ2n) is 4.97. The van der Waals surface area contributed by atoms with Gasteiger partial charge in [0.1, 0.15) is 5.70 Å². The Morgan fingerprint density at radius 3 is 2.84 bits per heavy atom. The quantitative estimate of drug-likeness (QED) is 0.671. The molecule has 1 saturated carbocycles. The minimum Gasteiger partial charge on any atom is -0.328 e. The van der Waals surface area contributed by atoms with E-state index in [4.69, 9.17) is 12.2 Å². The number of thiocarbonyl (C=S) groups is 1. The highest BCUT2D eigenvalue weighted by Gasteiger charge is 2.36. The second-order valence-corrected chi connectivity index (χ2v) is 6.34. The lowest BCUT2D eigenvalue weighted by Gasteiger charge is -2.29. The number of carbonyl (C=O) groups excluding carboxylic acids is 1. The summed E-state index contributed by atoms with van der Waals surface area (Å²) in [6, 6.07) is 4.27. The molecule has 1 aliphatic heterocycles. The van der Waals surface area contributed by atoms with Crippen molar-refractivity contribution in [1.29, 1.82) is 0 Å². The van der Waals surface area contributed by atoms with Crippen molar-refractivity contribution >= 4 is 40.7 Å². The topological polar surface area (TPSA) is 32.3 Å². The van der Waals surface area contributed by atoms with Crippen molar-refractivity contribution in [3.8, 4) is 0 Å². The third-order valence-corrected chi connectivity index (χ3v) is 4.80. The van der Waals surface area contributed by atoms with Crippen molar-refractivity contribution in [3.63, 3.8) is 0 Å². The fraction of sp³-hybridized carbons (Fsp3) is 0.429. The molecule has 1 amide bonds. The minimum absolute atomic E-state index is 0.0327. The molecule has 3 rings (SSSR count). The largest absolute Gasteiger partial charge is 0.328 e. The van der Waals surface area contributed by atoms with E-state index in [0.29, 0.717) is 10.8 Å². The van der Waals surface area contributed by atoms with E-state index in [1.165, 1.54) is 19.3 Å². The van der Waals surface area contributed by atoms with E-state index >= 15 is 0 Å². The Hall–Kier alpha value is -1.20. The summed E-state index contributed by atoms with van der Waals surface area (Å²) in [5.74, 6) is 0.0327. The van der Waals surface area contributed by atoms with Crippen LogP contribution in [0.1, 0.15) is 37.0 Å². The van der Waals surface area contributed by atoms with Crippen LogP contribution in [0.15, 0.2) is 23.2 Å². The molecule has 19 heavy (non-hydrogen) atoms. The Morgan fingerprint density at radius 2 is 2.16 bits per heavy atom. The highest BCUT2D eigenvalue weighted by molar-refractivity contribution is 7.80. The number of thiophene rings is 1. The van der Waals surface area contributed by atoms with Crippen LogP contribution in [0, 0.1) is 0 Å². The highest BCUT2D eigenvalue weighted by atomic mass is 32.1. The Morgan fingerprint density at radius 1 is 1.37 bits per heavy atom. The highest BCUT2D eigenvalue weighted by Crippen LogP contribution is 2.27. The SMILES string of the molecule is O=C1/C(=C/c2cccs2)NC(=S)N1C1CCCCC1. The van der Waals surface area contributed by atoms with Crippen molar-refractivity contribution in [2.75, 3.05) is 0 Å². The standard InChI is InChI=1S/C14H16N2OS2/c17-13-12(9-11-7-4-8-19-11)15-14(18)16(13)10-5-2-1-3-6-10/h4,7-10H,1-3,5-6H2,(H,15,18)/b12-9-. The van der Waals surface area contributed by atoms with Gasteiger partial charge in [0.15, 0.2) is 5.11 Å². The third kappa shape index (κ3) is 2.58. The Balaban J connectivity index is 1.80. The van der Waals surface area contributed by atoms with Gasteiger partial charge in [0.05, 0.1) is 0 Å². The molecule has 1 aromatic rings. The van der Waals surface area contributed by atoms with E-state index in [2.05, 4.69) is 5.32 Å². The first-order valence-electron chi connectivity index (χ1n) is 6.65. The van der Waals surface area contributed by atoms with Crippen LogP contribution in [0.25, 0.3) is 6.08 Å². The van der Waals surface area contributed by atoms with Crippen LogP contribution in [0.4, 0.5) is 0 Å². The van der Waals surface area contributed by atoms with Gasteiger partial charge < -0.3 is 5.32 Å². The number of nitrogens with zero attached hydrogens (tertiary/aromatic N) is 1. The molecule has 0 unspecified atom stereocenters. The minimum atomic E-state index is 0.0327. The van der Waals surface area contributed by atoms with Crippen LogP contribution in [-0.2, 0) is 4.79 Å². The first-order chi connectivity index (χ1) is 9.25. The van der Waals surface area contributed by atoms with E-state index < -0.39 is 0 Å². The maximum absolute atomic E-state index is 12.5. The van der Waals surface area contributed by atoms with Crippen molar-refractivity contribution in [2.24, 2.45) is 0 Å². The molecule has 2 aliphatic rings. The predicted octanol–water partition coefficient (Wildman–Crippen LogP) is 3.14. The lowest BCUT2D eigenvalue weighted by Crippen LogP contribution is -2.41.